The van der Waals surface area contributed by atoms with Crippen molar-refractivity contribution in [3.05, 3.63) is 35.9 Å². The first-order valence-corrected chi connectivity index (χ1v) is 9.98. The van der Waals surface area contributed by atoms with Gasteiger partial charge in [-0.25, -0.2) is 0 Å². The molecule has 1 aromatic carbocycles. The maximum atomic E-state index is 12.7. The van der Waals surface area contributed by atoms with Crippen molar-refractivity contribution in [2.45, 2.75) is 37.5 Å². The second-order valence-corrected chi connectivity index (χ2v) is 8.23. The van der Waals surface area contributed by atoms with Crippen LogP contribution < -0.4 is 0 Å². The standard InChI is InChI=1S/C21H26O8/c1-24-17(22)12-8-13-18(23)27-10-21(13)15(12)16-14(28-20(21)25-2)9-26-19(29-16)11-6-4-3-5-7-11/h3-7,12-16,18-20,23H,8-10H2,1-2H3/t12-,13-,14+,15-,16+,18+,19+,20-,21-/m0/s1. The lowest BCUT2D eigenvalue weighted by Crippen LogP contribution is -2.64. The molecule has 1 aliphatic carbocycles. The van der Waals surface area contributed by atoms with Crippen LogP contribution in [-0.2, 0) is 33.2 Å². The average Bonchev–Trinajstić information content (AvgIpc) is 3.28. The molecular formula is C21H26O8. The maximum Gasteiger partial charge on any atom is 0.309 e. The number of fused-ring (bicyclic) bond motifs is 2. The minimum atomic E-state index is -0.977. The molecule has 1 N–H and O–H groups in total. The van der Waals surface area contributed by atoms with Gasteiger partial charge in [0.2, 0.25) is 0 Å². The highest BCUT2D eigenvalue weighted by molar-refractivity contribution is 5.73. The molecule has 158 valence electrons. The fourth-order valence-electron chi connectivity index (χ4n) is 5.85. The van der Waals surface area contributed by atoms with E-state index >= 15 is 0 Å². The Labute approximate surface area is 169 Å². The third-order valence-corrected chi connectivity index (χ3v) is 7.04. The Balaban J connectivity index is 1.54. The van der Waals surface area contributed by atoms with Gasteiger partial charge >= 0.3 is 5.97 Å². The van der Waals surface area contributed by atoms with Crippen LogP contribution in [0, 0.1) is 23.2 Å². The number of aliphatic hydroxyl groups is 1. The molecule has 5 rings (SSSR count). The largest absolute Gasteiger partial charge is 0.469 e. The summed E-state index contributed by atoms with van der Waals surface area (Å²) in [5.41, 5.74) is 0.216. The molecule has 0 unspecified atom stereocenters. The van der Waals surface area contributed by atoms with E-state index in [1.165, 1.54) is 7.11 Å². The molecule has 3 saturated heterocycles. The van der Waals surface area contributed by atoms with E-state index in [0.717, 1.165) is 5.56 Å². The Hall–Kier alpha value is -1.55. The van der Waals surface area contributed by atoms with Crippen LogP contribution in [0.5, 0.6) is 0 Å². The van der Waals surface area contributed by atoms with Gasteiger partial charge in [-0.2, -0.15) is 0 Å². The third kappa shape index (κ3) is 2.78. The maximum absolute atomic E-state index is 12.7. The number of carbonyl (C=O) groups is 1. The zero-order valence-electron chi connectivity index (χ0n) is 16.4. The van der Waals surface area contributed by atoms with Crippen LogP contribution in [0.2, 0.25) is 0 Å². The molecule has 0 bridgehead atoms. The van der Waals surface area contributed by atoms with Gasteiger partial charge in [0, 0.05) is 24.5 Å². The van der Waals surface area contributed by atoms with E-state index in [-0.39, 0.29) is 30.5 Å². The van der Waals surface area contributed by atoms with Crippen molar-refractivity contribution in [3.8, 4) is 0 Å². The highest BCUT2D eigenvalue weighted by atomic mass is 16.7. The lowest BCUT2D eigenvalue weighted by molar-refractivity contribution is -0.364. The van der Waals surface area contributed by atoms with Gasteiger partial charge < -0.3 is 33.5 Å². The highest BCUT2D eigenvalue weighted by Gasteiger charge is 2.72. The van der Waals surface area contributed by atoms with Gasteiger partial charge in [0.1, 0.15) is 6.10 Å². The van der Waals surface area contributed by atoms with Crippen molar-refractivity contribution in [3.63, 3.8) is 0 Å². The molecule has 9 atom stereocenters. The Bertz CT molecular complexity index is 756. The third-order valence-electron chi connectivity index (χ3n) is 7.04. The van der Waals surface area contributed by atoms with E-state index in [2.05, 4.69) is 0 Å². The van der Waals surface area contributed by atoms with Crippen molar-refractivity contribution >= 4 is 5.97 Å². The summed E-state index contributed by atoms with van der Waals surface area (Å²) in [4.78, 5) is 12.7. The quantitative estimate of drug-likeness (QED) is 0.750. The van der Waals surface area contributed by atoms with Gasteiger partial charge in [-0.15, -0.1) is 0 Å². The monoisotopic (exact) mass is 406 g/mol. The average molecular weight is 406 g/mol. The molecule has 4 fully saturated rings. The van der Waals surface area contributed by atoms with E-state index in [1.807, 2.05) is 30.3 Å². The topological polar surface area (TPSA) is 92.7 Å². The molecule has 0 aromatic heterocycles. The van der Waals surface area contributed by atoms with Gasteiger partial charge in [0.15, 0.2) is 18.9 Å². The summed E-state index contributed by atoms with van der Waals surface area (Å²) in [6.07, 6.45) is -2.53. The van der Waals surface area contributed by atoms with Crippen LogP contribution in [0.4, 0.5) is 0 Å². The van der Waals surface area contributed by atoms with Crippen LogP contribution in [0.1, 0.15) is 18.3 Å². The summed E-state index contributed by atoms with van der Waals surface area (Å²) < 4.78 is 35.0. The van der Waals surface area contributed by atoms with Crippen molar-refractivity contribution in [1.82, 2.24) is 0 Å². The molecule has 0 amide bonds. The first-order chi connectivity index (χ1) is 14.1. The Kier molecular flexibility index (Phi) is 4.89. The SMILES string of the molecule is COC(=O)[C@H]1C[C@H]2[C@H](O)OC[C@]23[C@@H](OC)O[C@@H]2CO[C@@H](c4ccccc4)O[C@H]2[C@H]13. The van der Waals surface area contributed by atoms with E-state index < -0.39 is 36.3 Å². The molecule has 29 heavy (non-hydrogen) atoms. The highest BCUT2D eigenvalue weighted by Crippen LogP contribution is 2.64. The number of rotatable bonds is 3. The van der Waals surface area contributed by atoms with Crippen molar-refractivity contribution in [2.24, 2.45) is 23.2 Å². The van der Waals surface area contributed by atoms with Gasteiger partial charge in [-0.05, 0) is 6.42 Å². The smallest absolute Gasteiger partial charge is 0.309 e. The van der Waals surface area contributed by atoms with Crippen LogP contribution >= 0.6 is 0 Å². The van der Waals surface area contributed by atoms with Crippen molar-refractivity contribution < 1.29 is 38.3 Å². The molecule has 3 aliphatic heterocycles. The number of benzene rings is 1. The lowest BCUT2D eigenvalue weighted by Gasteiger charge is -2.53. The predicted octanol–water partition coefficient (Wildman–Crippen LogP) is 1.23. The summed E-state index contributed by atoms with van der Waals surface area (Å²) in [5.74, 6) is -1.33. The number of aliphatic hydroxyl groups excluding tert-OH is 1. The van der Waals surface area contributed by atoms with Crippen molar-refractivity contribution in [2.75, 3.05) is 27.4 Å². The van der Waals surface area contributed by atoms with E-state index in [1.54, 1.807) is 7.11 Å². The van der Waals surface area contributed by atoms with Crippen LogP contribution in [0.25, 0.3) is 0 Å². The molecule has 1 saturated carbocycles. The van der Waals surface area contributed by atoms with Crippen LogP contribution in [0.3, 0.4) is 0 Å². The fourth-order valence-corrected chi connectivity index (χ4v) is 5.85. The second kappa shape index (κ2) is 7.30. The lowest BCUT2D eigenvalue weighted by atomic mass is 9.66. The first kappa shape index (κ1) is 19.4. The van der Waals surface area contributed by atoms with Crippen molar-refractivity contribution in [1.29, 1.82) is 0 Å². The Morgan fingerprint density at radius 2 is 1.97 bits per heavy atom. The fraction of sp³-hybridized carbons (Fsp3) is 0.667. The van der Waals surface area contributed by atoms with Gasteiger partial charge in [0.25, 0.3) is 0 Å². The normalized spacial score (nSPS) is 45.9. The summed E-state index contributed by atoms with van der Waals surface area (Å²) in [6, 6.07) is 9.68. The van der Waals surface area contributed by atoms with Gasteiger partial charge in [0.05, 0.1) is 37.8 Å². The zero-order valence-corrected chi connectivity index (χ0v) is 16.4. The second-order valence-electron chi connectivity index (χ2n) is 8.23. The molecule has 8 nitrogen and oxygen atoms in total. The molecule has 1 aromatic rings. The molecule has 0 radical (unpaired) electrons. The summed E-state index contributed by atoms with van der Waals surface area (Å²) >= 11 is 0. The van der Waals surface area contributed by atoms with Gasteiger partial charge in [-0.3, -0.25) is 4.79 Å². The molecule has 3 heterocycles. The number of esters is 1. The van der Waals surface area contributed by atoms with E-state index in [0.29, 0.717) is 13.0 Å². The number of methoxy groups -OCH3 is 2. The Morgan fingerprint density at radius 3 is 2.69 bits per heavy atom. The summed E-state index contributed by atoms with van der Waals surface area (Å²) in [7, 11) is 2.96. The molecule has 1 spiro atoms. The predicted molar refractivity (Wildman–Crippen MR) is 97.2 cm³/mol. The number of hydrogen-bond acceptors (Lipinski definition) is 8. The first-order valence-electron chi connectivity index (χ1n) is 9.98. The minimum Gasteiger partial charge on any atom is -0.469 e. The van der Waals surface area contributed by atoms with E-state index in [4.69, 9.17) is 28.4 Å². The summed E-state index contributed by atoms with van der Waals surface area (Å²) in [5, 5.41) is 10.5. The molecule has 8 heteroatoms. The Morgan fingerprint density at radius 1 is 1.17 bits per heavy atom. The minimum absolute atomic E-state index is 0.235. The summed E-state index contributed by atoms with van der Waals surface area (Å²) in [6.45, 7) is 0.553. The van der Waals surface area contributed by atoms with Gasteiger partial charge in [-0.1, -0.05) is 30.3 Å². The van der Waals surface area contributed by atoms with Crippen LogP contribution in [-0.4, -0.2) is 63.3 Å². The number of carbonyl (C=O) groups excluding carboxylic acids is 1. The molecular weight excluding hydrogens is 380 g/mol. The number of hydrogen-bond donors (Lipinski definition) is 1. The molecule has 4 aliphatic rings. The zero-order chi connectivity index (χ0) is 20.2. The van der Waals surface area contributed by atoms with Crippen LogP contribution in [0.15, 0.2) is 30.3 Å². The van der Waals surface area contributed by atoms with E-state index in [9.17, 15) is 9.90 Å². The number of ether oxygens (including phenoxy) is 6.